The number of aromatic nitrogens is 2. The Balaban J connectivity index is 1.83. The molecule has 2 aromatic heterocycles. The number of hydrogen-bond acceptors (Lipinski definition) is 3. The summed E-state index contributed by atoms with van der Waals surface area (Å²) in [7, 11) is 0. The largest absolute Gasteiger partial charge is 0.347 e. The molecule has 17 heavy (non-hydrogen) atoms. The minimum absolute atomic E-state index is 0.121. The molecule has 0 atom stereocenters. The summed E-state index contributed by atoms with van der Waals surface area (Å²) < 4.78 is 1.05. The Bertz CT molecular complexity index is 519. The lowest BCUT2D eigenvalue weighted by Gasteiger charge is -1.98. The third-order valence-corrected chi connectivity index (χ3v) is 3.59. The van der Waals surface area contributed by atoms with Crippen molar-refractivity contribution in [2.45, 2.75) is 6.54 Å². The number of nitrogens with zero attached hydrogens (tertiary/aromatic N) is 1. The Kier molecular flexibility index (Phi) is 4.11. The molecule has 0 radical (unpaired) electrons. The van der Waals surface area contributed by atoms with Crippen molar-refractivity contribution in [3.8, 4) is 0 Å². The first-order valence-corrected chi connectivity index (χ1v) is 6.53. The van der Waals surface area contributed by atoms with E-state index in [2.05, 4.69) is 31.2 Å². The summed E-state index contributed by atoms with van der Waals surface area (Å²) in [6.07, 6.45) is 6.58. The maximum absolute atomic E-state index is 11.5. The fraction of sp³-hybridized carbons (Fsp3) is 0.0909. The van der Waals surface area contributed by atoms with Crippen molar-refractivity contribution >= 4 is 39.2 Å². The van der Waals surface area contributed by atoms with Crippen LogP contribution in [-0.4, -0.2) is 15.9 Å². The van der Waals surface area contributed by atoms with E-state index in [-0.39, 0.29) is 5.91 Å². The second-order valence-electron chi connectivity index (χ2n) is 3.27. The molecule has 0 saturated heterocycles. The number of rotatable bonds is 4. The number of imidazole rings is 1. The molecule has 0 fully saturated rings. The maximum atomic E-state index is 11.5. The van der Waals surface area contributed by atoms with Crippen LogP contribution in [0.2, 0.25) is 0 Å². The second kappa shape index (κ2) is 5.79. The van der Waals surface area contributed by atoms with Crippen LogP contribution in [0, 0.1) is 0 Å². The molecule has 0 aliphatic carbocycles. The quantitative estimate of drug-likeness (QED) is 0.853. The van der Waals surface area contributed by atoms with Gasteiger partial charge in [0.25, 0.3) is 0 Å². The average Bonchev–Trinajstić information content (AvgIpc) is 2.95. The van der Waals surface area contributed by atoms with Crippen molar-refractivity contribution in [2.75, 3.05) is 0 Å². The molecule has 2 N–H and O–H groups in total. The van der Waals surface area contributed by atoms with Gasteiger partial charge in [-0.1, -0.05) is 0 Å². The minimum atomic E-state index is -0.121. The number of carbonyl (C=O) groups excluding carboxylic acids is 1. The van der Waals surface area contributed by atoms with E-state index in [1.165, 1.54) is 6.08 Å². The summed E-state index contributed by atoms with van der Waals surface area (Å²) in [6, 6.07) is 3.90. The van der Waals surface area contributed by atoms with E-state index in [9.17, 15) is 4.79 Å². The van der Waals surface area contributed by atoms with E-state index in [1.807, 2.05) is 12.1 Å². The van der Waals surface area contributed by atoms with Crippen molar-refractivity contribution in [1.82, 2.24) is 15.3 Å². The molecular weight excluding hydrogens is 302 g/mol. The zero-order chi connectivity index (χ0) is 12.1. The highest BCUT2D eigenvalue weighted by molar-refractivity contribution is 9.11. The topological polar surface area (TPSA) is 57.8 Å². The standard InChI is InChI=1S/C11H10BrN3OS/c12-10-3-1-9(17-10)2-4-11(16)14-6-8-5-13-7-15-8/h1-5,7H,6H2,(H,13,15)(H,14,16). The van der Waals surface area contributed by atoms with Gasteiger partial charge in [-0.05, 0) is 34.1 Å². The van der Waals surface area contributed by atoms with Gasteiger partial charge in [-0.2, -0.15) is 0 Å². The highest BCUT2D eigenvalue weighted by atomic mass is 79.9. The van der Waals surface area contributed by atoms with Crippen molar-refractivity contribution in [3.05, 3.63) is 45.1 Å². The van der Waals surface area contributed by atoms with Gasteiger partial charge < -0.3 is 10.3 Å². The van der Waals surface area contributed by atoms with E-state index in [0.717, 1.165) is 14.4 Å². The van der Waals surface area contributed by atoms with Crippen LogP contribution in [-0.2, 0) is 11.3 Å². The lowest BCUT2D eigenvalue weighted by molar-refractivity contribution is -0.116. The number of carbonyl (C=O) groups is 1. The van der Waals surface area contributed by atoms with Gasteiger partial charge in [-0.25, -0.2) is 4.98 Å². The molecule has 2 heterocycles. The Morgan fingerprint density at radius 3 is 3.12 bits per heavy atom. The number of aromatic amines is 1. The summed E-state index contributed by atoms with van der Waals surface area (Å²) >= 11 is 4.95. The minimum Gasteiger partial charge on any atom is -0.347 e. The van der Waals surface area contributed by atoms with Crippen molar-refractivity contribution < 1.29 is 4.79 Å². The molecule has 88 valence electrons. The van der Waals surface area contributed by atoms with Crippen LogP contribution >= 0.6 is 27.3 Å². The van der Waals surface area contributed by atoms with Crippen molar-refractivity contribution in [3.63, 3.8) is 0 Å². The summed E-state index contributed by atoms with van der Waals surface area (Å²) in [5.41, 5.74) is 0.880. The molecule has 1 amide bonds. The molecule has 0 aliphatic heterocycles. The Hall–Kier alpha value is -1.40. The van der Waals surface area contributed by atoms with Gasteiger partial charge in [-0.3, -0.25) is 4.79 Å². The molecule has 2 aromatic rings. The van der Waals surface area contributed by atoms with E-state index >= 15 is 0 Å². The van der Waals surface area contributed by atoms with Crippen LogP contribution < -0.4 is 5.32 Å². The molecule has 0 aromatic carbocycles. The van der Waals surface area contributed by atoms with Crippen molar-refractivity contribution in [2.24, 2.45) is 0 Å². The SMILES string of the molecule is O=C(C=Cc1ccc(Br)s1)NCc1cnc[nH]1. The van der Waals surface area contributed by atoms with Gasteiger partial charge >= 0.3 is 0 Å². The number of halogens is 1. The zero-order valence-electron chi connectivity index (χ0n) is 8.81. The van der Waals surface area contributed by atoms with Crippen LogP contribution in [0.3, 0.4) is 0 Å². The van der Waals surface area contributed by atoms with E-state index in [4.69, 9.17) is 0 Å². The monoisotopic (exact) mass is 311 g/mol. The lowest BCUT2D eigenvalue weighted by atomic mass is 10.4. The smallest absolute Gasteiger partial charge is 0.244 e. The van der Waals surface area contributed by atoms with Gasteiger partial charge in [0, 0.05) is 17.2 Å². The van der Waals surface area contributed by atoms with Gasteiger partial charge in [0.05, 0.1) is 22.4 Å². The van der Waals surface area contributed by atoms with Gasteiger partial charge in [0.1, 0.15) is 0 Å². The van der Waals surface area contributed by atoms with Crippen LogP contribution in [0.1, 0.15) is 10.6 Å². The number of H-pyrrole nitrogens is 1. The first-order valence-electron chi connectivity index (χ1n) is 4.92. The fourth-order valence-corrected chi connectivity index (χ4v) is 2.52. The lowest BCUT2D eigenvalue weighted by Crippen LogP contribution is -2.20. The van der Waals surface area contributed by atoms with Crippen LogP contribution in [0.5, 0.6) is 0 Å². The molecule has 4 nitrogen and oxygen atoms in total. The molecule has 0 saturated carbocycles. The third kappa shape index (κ3) is 3.83. The molecule has 2 rings (SSSR count). The summed E-state index contributed by atoms with van der Waals surface area (Å²) in [5.74, 6) is -0.121. The average molecular weight is 312 g/mol. The summed E-state index contributed by atoms with van der Waals surface area (Å²) in [5, 5.41) is 2.76. The van der Waals surface area contributed by atoms with Gasteiger partial charge in [0.15, 0.2) is 0 Å². The highest BCUT2D eigenvalue weighted by Gasteiger charge is 1.98. The Morgan fingerprint density at radius 2 is 2.47 bits per heavy atom. The normalized spacial score (nSPS) is 10.9. The number of amides is 1. The summed E-state index contributed by atoms with van der Waals surface area (Å²) in [6.45, 7) is 0.456. The van der Waals surface area contributed by atoms with Crippen LogP contribution in [0.15, 0.2) is 34.5 Å². The van der Waals surface area contributed by atoms with E-state index in [0.29, 0.717) is 6.54 Å². The number of nitrogens with one attached hydrogen (secondary N) is 2. The maximum Gasteiger partial charge on any atom is 0.244 e. The van der Waals surface area contributed by atoms with E-state index in [1.54, 1.807) is 29.9 Å². The predicted molar refractivity (Wildman–Crippen MR) is 71.5 cm³/mol. The highest BCUT2D eigenvalue weighted by Crippen LogP contribution is 2.22. The first kappa shape index (κ1) is 12.1. The molecule has 0 bridgehead atoms. The summed E-state index contributed by atoms with van der Waals surface area (Å²) in [4.78, 5) is 19.3. The van der Waals surface area contributed by atoms with Crippen LogP contribution in [0.4, 0.5) is 0 Å². The van der Waals surface area contributed by atoms with Crippen molar-refractivity contribution in [1.29, 1.82) is 0 Å². The number of thiophene rings is 1. The second-order valence-corrected chi connectivity index (χ2v) is 5.76. The molecule has 0 aliphatic rings. The van der Waals surface area contributed by atoms with E-state index < -0.39 is 0 Å². The van der Waals surface area contributed by atoms with Gasteiger partial charge in [0.2, 0.25) is 5.91 Å². The first-order chi connectivity index (χ1) is 8.24. The fourth-order valence-electron chi connectivity index (χ4n) is 1.20. The molecular formula is C11H10BrN3OS. The zero-order valence-corrected chi connectivity index (χ0v) is 11.2. The molecule has 6 heteroatoms. The van der Waals surface area contributed by atoms with Gasteiger partial charge in [-0.15, -0.1) is 11.3 Å². The molecule has 0 spiro atoms. The van der Waals surface area contributed by atoms with Crippen LogP contribution in [0.25, 0.3) is 6.08 Å². The Morgan fingerprint density at radius 1 is 1.59 bits per heavy atom. The third-order valence-electron chi connectivity index (χ3n) is 2.00. The predicted octanol–water partition coefficient (Wildman–Crippen LogP) is 2.56. The Labute approximate surface area is 111 Å². The number of hydrogen-bond donors (Lipinski definition) is 2. The molecule has 0 unspecified atom stereocenters.